The fourth-order valence-electron chi connectivity index (χ4n) is 3.48. The monoisotopic (exact) mass is 546 g/mol. The Kier molecular flexibility index (Phi) is 16.5. The van der Waals surface area contributed by atoms with Gasteiger partial charge in [-0.15, -0.1) is 0 Å². The van der Waals surface area contributed by atoms with Gasteiger partial charge in [0.1, 0.15) is 12.1 Å². The molecule has 0 aliphatic rings. The second-order valence-corrected chi connectivity index (χ2v) is 9.75. The number of nitrogens with one attached hydrogen (secondary N) is 2. The zero-order valence-corrected chi connectivity index (χ0v) is 23.0. The zero-order chi connectivity index (χ0) is 29.4. The second kappa shape index (κ2) is 18.1. The van der Waals surface area contributed by atoms with E-state index in [2.05, 4.69) is 20.1 Å². The summed E-state index contributed by atoms with van der Waals surface area (Å²) >= 11 is 0. The van der Waals surface area contributed by atoms with Crippen LogP contribution in [0.3, 0.4) is 0 Å². The van der Waals surface area contributed by atoms with Crippen molar-refractivity contribution in [2.75, 3.05) is 53.5 Å². The average molecular weight is 547 g/mol. The summed E-state index contributed by atoms with van der Waals surface area (Å²) in [5.41, 5.74) is 0. The number of amides is 2. The van der Waals surface area contributed by atoms with Crippen LogP contribution in [0.2, 0.25) is 0 Å². The van der Waals surface area contributed by atoms with Crippen molar-refractivity contribution in [2.45, 2.75) is 52.6 Å². The van der Waals surface area contributed by atoms with E-state index in [1.54, 1.807) is 0 Å². The van der Waals surface area contributed by atoms with Crippen molar-refractivity contribution in [2.24, 2.45) is 11.8 Å². The summed E-state index contributed by atoms with van der Waals surface area (Å²) in [5.74, 6) is -4.88. The van der Waals surface area contributed by atoms with Gasteiger partial charge in [0.15, 0.2) is 0 Å². The van der Waals surface area contributed by atoms with E-state index in [1.165, 1.54) is 24.0 Å². The molecular formula is C24H42N4O10. The molecule has 2 atom stereocenters. The molecule has 14 heteroatoms. The molecule has 0 aromatic rings. The van der Waals surface area contributed by atoms with Crippen LogP contribution < -0.4 is 10.6 Å². The third-order valence-electron chi connectivity index (χ3n) is 5.31. The smallest absolute Gasteiger partial charge is 0.326 e. The SMILES string of the molecule is COC(=O)CN(CCN(CC(=O)NC(CC(C)C)C(=O)O)CC(=O)OC)CC(=O)NC(CC(C)C)C(=O)O. The predicted octanol–water partition coefficient (Wildman–Crippen LogP) is -0.833. The molecule has 2 unspecified atom stereocenters. The Balaban J connectivity index is 5.44. The number of carboxylic acid groups (broad SMARTS) is 2. The molecule has 218 valence electrons. The van der Waals surface area contributed by atoms with E-state index in [1.807, 2.05) is 27.7 Å². The first kappa shape index (κ1) is 34.7. The van der Waals surface area contributed by atoms with Crippen LogP contribution in [-0.2, 0) is 38.2 Å². The molecule has 14 nitrogen and oxygen atoms in total. The summed E-state index contributed by atoms with van der Waals surface area (Å²) in [7, 11) is 2.35. The number of nitrogens with zero attached hydrogens (tertiary/aromatic N) is 2. The van der Waals surface area contributed by atoms with Crippen molar-refractivity contribution >= 4 is 35.7 Å². The number of hydrogen-bond donors (Lipinski definition) is 4. The van der Waals surface area contributed by atoms with E-state index in [4.69, 9.17) is 0 Å². The normalized spacial score (nSPS) is 12.8. The summed E-state index contributed by atoms with van der Waals surface area (Å²) in [6.07, 6.45) is 0.433. The lowest BCUT2D eigenvalue weighted by Gasteiger charge is -2.27. The van der Waals surface area contributed by atoms with Crippen LogP contribution in [0.5, 0.6) is 0 Å². The van der Waals surface area contributed by atoms with Gasteiger partial charge in [-0.1, -0.05) is 27.7 Å². The minimum absolute atomic E-state index is 0.0156. The largest absolute Gasteiger partial charge is 0.480 e. The Bertz CT molecular complexity index is 752. The van der Waals surface area contributed by atoms with Gasteiger partial charge in [-0.05, 0) is 24.7 Å². The number of carbonyl (C=O) groups is 6. The van der Waals surface area contributed by atoms with Crippen molar-refractivity contribution in [3.8, 4) is 0 Å². The highest BCUT2D eigenvalue weighted by molar-refractivity contribution is 5.86. The number of hydrogen-bond acceptors (Lipinski definition) is 10. The number of rotatable bonds is 19. The Morgan fingerprint density at radius 1 is 0.632 bits per heavy atom. The fourth-order valence-corrected chi connectivity index (χ4v) is 3.48. The molecule has 0 spiro atoms. The van der Waals surface area contributed by atoms with Crippen molar-refractivity contribution in [3.05, 3.63) is 0 Å². The average Bonchev–Trinajstić information content (AvgIpc) is 2.80. The maximum Gasteiger partial charge on any atom is 0.326 e. The highest BCUT2D eigenvalue weighted by Crippen LogP contribution is 2.06. The van der Waals surface area contributed by atoms with Gasteiger partial charge in [0, 0.05) is 13.1 Å². The summed E-state index contributed by atoms with van der Waals surface area (Å²) in [4.78, 5) is 74.7. The third kappa shape index (κ3) is 15.8. The molecule has 0 aliphatic carbocycles. The number of methoxy groups -OCH3 is 2. The Morgan fingerprint density at radius 2 is 0.947 bits per heavy atom. The molecule has 0 rings (SSSR count). The number of aliphatic carboxylic acids is 2. The minimum Gasteiger partial charge on any atom is -0.480 e. The van der Waals surface area contributed by atoms with Crippen molar-refractivity contribution in [1.82, 2.24) is 20.4 Å². The van der Waals surface area contributed by atoms with Crippen LogP contribution in [0.15, 0.2) is 0 Å². The summed E-state index contributed by atoms with van der Waals surface area (Å²) in [5, 5.41) is 23.6. The summed E-state index contributed by atoms with van der Waals surface area (Å²) in [6, 6.07) is -2.20. The molecule has 4 N–H and O–H groups in total. The molecule has 0 bridgehead atoms. The molecule has 0 saturated heterocycles. The van der Waals surface area contributed by atoms with E-state index in [-0.39, 0.29) is 63.9 Å². The van der Waals surface area contributed by atoms with Gasteiger partial charge in [-0.3, -0.25) is 29.0 Å². The van der Waals surface area contributed by atoms with Gasteiger partial charge in [-0.25, -0.2) is 9.59 Å². The standard InChI is InChI=1S/C24H42N4O10/c1-15(2)9-17(23(33)34)25-19(29)11-27(13-21(31)37-5)7-8-28(14-22(32)38-6)12-20(30)26-18(24(35)36)10-16(3)4/h15-18H,7-14H2,1-6H3,(H,25,29)(H,26,30)(H,33,34)(H,35,36). The molecule has 38 heavy (non-hydrogen) atoms. The van der Waals surface area contributed by atoms with E-state index in [0.717, 1.165) is 0 Å². The Hall–Kier alpha value is -3.26. The molecule has 0 radical (unpaired) electrons. The van der Waals surface area contributed by atoms with E-state index in [9.17, 15) is 39.0 Å². The number of esters is 2. The van der Waals surface area contributed by atoms with Gasteiger partial charge >= 0.3 is 23.9 Å². The minimum atomic E-state index is -1.18. The Labute approximate surface area is 223 Å². The lowest BCUT2D eigenvalue weighted by Crippen LogP contribution is -2.50. The van der Waals surface area contributed by atoms with Crippen LogP contribution in [-0.4, -0.2) is 121 Å². The maximum atomic E-state index is 12.6. The summed E-state index contributed by atoms with van der Waals surface area (Å²) in [6.45, 7) is 6.01. The fraction of sp³-hybridized carbons (Fsp3) is 0.750. The van der Waals surface area contributed by atoms with E-state index >= 15 is 0 Å². The molecular weight excluding hydrogens is 504 g/mol. The first-order chi connectivity index (χ1) is 17.7. The first-order valence-electron chi connectivity index (χ1n) is 12.3. The van der Waals surface area contributed by atoms with Gasteiger partial charge in [0.05, 0.1) is 40.4 Å². The van der Waals surface area contributed by atoms with E-state index < -0.39 is 47.8 Å². The first-order valence-corrected chi connectivity index (χ1v) is 12.3. The predicted molar refractivity (Wildman–Crippen MR) is 135 cm³/mol. The van der Waals surface area contributed by atoms with Crippen LogP contribution >= 0.6 is 0 Å². The number of carboxylic acids is 2. The van der Waals surface area contributed by atoms with Gasteiger partial charge in [0.25, 0.3) is 0 Å². The number of carbonyl (C=O) groups excluding carboxylic acids is 4. The zero-order valence-electron chi connectivity index (χ0n) is 23.0. The van der Waals surface area contributed by atoms with Crippen LogP contribution in [0.1, 0.15) is 40.5 Å². The number of ether oxygens (including phenoxy) is 2. The van der Waals surface area contributed by atoms with Gasteiger partial charge < -0.3 is 30.3 Å². The lowest BCUT2D eigenvalue weighted by molar-refractivity contribution is -0.145. The molecule has 0 heterocycles. The molecule has 0 fully saturated rings. The third-order valence-corrected chi connectivity index (χ3v) is 5.31. The van der Waals surface area contributed by atoms with Crippen LogP contribution in [0.4, 0.5) is 0 Å². The molecule has 0 aromatic carbocycles. The molecule has 0 aliphatic heterocycles. The van der Waals surface area contributed by atoms with Crippen LogP contribution in [0, 0.1) is 11.8 Å². The molecule has 0 saturated carbocycles. The van der Waals surface area contributed by atoms with Gasteiger partial charge in [0.2, 0.25) is 11.8 Å². The lowest BCUT2D eigenvalue weighted by atomic mass is 10.0. The van der Waals surface area contributed by atoms with Crippen molar-refractivity contribution < 1.29 is 48.5 Å². The summed E-state index contributed by atoms with van der Waals surface area (Å²) < 4.78 is 9.34. The maximum absolute atomic E-state index is 12.6. The molecule has 2 amide bonds. The van der Waals surface area contributed by atoms with Crippen molar-refractivity contribution in [3.63, 3.8) is 0 Å². The van der Waals surface area contributed by atoms with E-state index in [0.29, 0.717) is 0 Å². The van der Waals surface area contributed by atoms with Crippen molar-refractivity contribution in [1.29, 1.82) is 0 Å². The second-order valence-electron chi connectivity index (χ2n) is 9.75. The Morgan fingerprint density at radius 3 is 1.18 bits per heavy atom. The van der Waals surface area contributed by atoms with Gasteiger partial charge in [-0.2, -0.15) is 0 Å². The highest BCUT2D eigenvalue weighted by Gasteiger charge is 2.25. The molecule has 0 aromatic heterocycles. The van der Waals surface area contributed by atoms with Crippen LogP contribution in [0.25, 0.3) is 0 Å². The topological polar surface area (TPSA) is 192 Å². The quantitative estimate of drug-likeness (QED) is 0.147. The highest BCUT2D eigenvalue weighted by atomic mass is 16.5.